The lowest BCUT2D eigenvalue weighted by Crippen LogP contribution is -2.37. The molecule has 1 aromatic heterocycles. The van der Waals surface area contributed by atoms with Gasteiger partial charge in [0, 0.05) is 17.0 Å². The number of hydrogen-bond donors (Lipinski definition) is 2. The molecule has 0 aliphatic carbocycles. The molecule has 1 aliphatic heterocycles. The summed E-state index contributed by atoms with van der Waals surface area (Å²) >= 11 is 3.23. The van der Waals surface area contributed by atoms with Gasteiger partial charge in [0.05, 0.1) is 11.7 Å². The number of rotatable bonds is 3. The lowest BCUT2D eigenvalue weighted by Gasteiger charge is -2.07. The first-order valence-corrected chi connectivity index (χ1v) is 7.27. The van der Waals surface area contributed by atoms with E-state index in [1.54, 1.807) is 11.8 Å². The summed E-state index contributed by atoms with van der Waals surface area (Å²) in [6.07, 6.45) is 0. The van der Waals surface area contributed by atoms with Crippen molar-refractivity contribution in [1.29, 1.82) is 0 Å². The summed E-state index contributed by atoms with van der Waals surface area (Å²) in [4.78, 5) is 16.1. The Hall–Kier alpha value is -0.590. The lowest BCUT2D eigenvalue weighted by molar-refractivity contribution is -0.117. The number of hydrogen-bond acceptors (Lipinski definition) is 5. The molecule has 1 fully saturated rings. The maximum absolute atomic E-state index is 11.8. The zero-order valence-electron chi connectivity index (χ0n) is 9.32. The van der Waals surface area contributed by atoms with Crippen molar-refractivity contribution in [2.45, 2.75) is 25.8 Å². The minimum atomic E-state index is -0.0728. The third-order valence-electron chi connectivity index (χ3n) is 2.38. The van der Waals surface area contributed by atoms with Crippen molar-refractivity contribution in [3.8, 4) is 0 Å². The Morgan fingerprint density at radius 2 is 2.50 bits per heavy atom. The van der Waals surface area contributed by atoms with E-state index in [1.807, 2.05) is 5.38 Å². The van der Waals surface area contributed by atoms with E-state index in [1.165, 1.54) is 11.3 Å². The van der Waals surface area contributed by atoms with Crippen LogP contribution in [0, 0.1) is 0 Å². The highest BCUT2D eigenvalue weighted by Crippen LogP contribution is 2.22. The van der Waals surface area contributed by atoms with Crippen LogP contribution in [0.25, 0.3) is 0 Å². The quantitative estimate of drug-likeness (QED) is 0.868. The van der Waals surface area contributed by atoms with Gasteiger partial charge >= 0.3 is 0 Å². The molecule has 6 heteroatoms. The molecule has 1 amide bonds. The monoisotopic (exact) mass is 257 g/mol. The van der Waals surface area contributed by atoms with E-state index in [9.17, 15) is 4.79 Å². The van der Waals surface area contributed by atoms with E-state index < -0.39 is 0 Å². The maximum atomic E-state index is 11.8. The van der Waals surface area contributed by atoms with Gasteiger partial charge in [-0.25, -0.2) is 4.98 Å². The van der Waals surface area contributed by atoms with E-state index in [2.05, 4.69) is 29.5 Å². The minimum absolute atomic E-state index is 0.0228. The van der Waals surface area contributed by atoms with Crippen LogP contribution in [0.3, 0.4) is 0 Å². The second kappa shape index (κ2) is 5.16. The van der Waals surface area contributed by atoms with Gasteiger partial charge in [0.1, 0.15) is 0 Å². The van der Waals surface area contributed by atoms with Crippen LogP contribution in [0.4, 0.5) is 5.13 Å². The van der Waals surface area contributed by atoms with Crippen molar-refractivity contribution >= 4 is 34.1 Å². The molecule has 0 radical (unpaired) electrons. The standard InChI is InChI=1S/C10H15N3OS2/c1-6(2)7-4-16-10(12-7)13-9(14)8-3-15-5-11-8/h4,6,8,11H,3,5H2,1-2H3,(H,12,13,14). The van der Waals surface area contributed by atoms with E-state index in [4.69, 9.17) is 0 Å². The summed E-state index contributed by atoms with van der Waals surface area (Å²) < 4.78 is 0. The average Bonchev–Trinajstić information content (AvgIpc) is 2.87. The minimum Gasteiger partial charge on any atom is -0.301 e. The molecule has 1 atom stereocenters. The van der Waals surface area contributed by atoms with Crippen LogP contribution in [-0.2, 0) is 4.79 Å². The Labute approximate surface area is 103 Å². The van der Waals surface area contributed by atoms with Crippen LogP contribution in [0.15, 0.2) is 5.38 Å². The van der Waals surface area contributed by atoms with Gasteiger partial charge in [0.25, 0.3) is 0 Å². The van der Waals surface area contributed by atoms with Crippen LogP contribution < -0.4 is 10.6 Å². The molecule has 4 nitrogen and oxygen atoms in total. The molecule has 2 heterocycles. The summed E-state index contributed by atoms with van der Waals surface area (Å²) in [6, 6.07) is -0.0728. The van der Waals surface area contributed by atoms with Crippen LogP contribution in [0.5, 0.6) is 0 Å². The Bertz CT molecular complexity index is 372. The first-order chi connectivity index (χ1) is 7.66. The molecule has 1 aromatic rings. The highest BCUT2D eigenvalue weighted by molar-refractivity contribution is 7.99. The fourth-order valence-corrected chi connectivity index (χ4v) is 3.18. The smallest absolute Gasteiger partial charge is 0.244 e. The zero-order chi connectivity index (χ0) is 11.5. The predicted molar refractivity (Wildman–Crippen MR) is 69.1 cm³/mol. The fraction of sp³-hybridized carbons (Fsp3) is 0.600. The Morgan fingerprint density at radius 3 is 3.06 bits per heavy atom. The summed E-state index contributed by atoms with van der Waals surface area (Å²) in [5.41, 5.74) is 1.04. The summed E-state index contributed by atoms with van der Waals surface area (Å²) in [5.74, 6) is 2.12. The van der Waals surface area contributed by atoms with Gasteiger partial charge in [-0.3, -0.25) is 10.1 Å². The Balaban J connectivity index is 1.95. The SMILES string of the molecule is CC(C)c1csc(NC(=O)C2CSCN2)n1. The number of carbonyl (C=O) groups is 1. The molecule has 0 aromatic carbocycles. The summed E-state index contributed by atoms with van der Waals surface area (Å²) in [7, 11) is 0. The van der Waals surface area contributed by atoms with Crippen molar-refractivity contribution < 1.29 is 4.79 Å². The largest absolute Gasteiger partial charge is 0.301 e. The van der Waals surface area contributed by atoms with Gasteiger partial charge in [-0.2, -0.15) is 0 Å². The van der Waals surface area contributed by atoms with Gasteiger partial charge in [-0.05, 0) is 5.92 Å². The number of nitrogens with one attached hydrogen (secondary N) is 2. The van der Waals surface area contributed by atoms with E-state index in [0.29, 0.717) is 11.0 Å². The summed E-state index contributed by atoms with van der Waals surface area (Å²) in [5, 5.41) is 8.68. The average molecular weight is 257 g/mol. The first kappa shape index (κ1) is 11.9. The zero-order valence-corrected chi connectivity index (χ0v) is 11.0. The normalized spacial score (nSPS) is 20.3. The second-order valence-corrected chi connectivity index (χ2v) is 5.88. The van der Waals surface area contributed by atoms with Crippen LogP contribution in [0.2, 0.25) is 0 Å². The number of carbonyl (C=O) groups excluding carboxylic acids is 1. The topological polar surface area (TPSA) is 54.0 Å². The third kappa shape index (κ3) is 2.75. The number of aromatic nitrogens is 1. The Kier molecular flexibility index (Phi) is 3.83. The van der Waals surface area contributed by atoms with Crippen molar-refractivity contribution in [3.63, 3.8) is 0 Å². The van der Waals surface area contributed by atoms with Gasteiger partial charge in [0.15, 0.2) is 5.13 Å². The van der Waals surface area contributed by atoms with Gasteiger partial charge in [-0.15, -0.1) is 23.1 Å². The van der Waals surface area contributed by atoms with Crippen LogP contribution in [-0.4, -0.2) is 28.6 Å². The van der Waals surface area contributed by atoms with E-state index >= 15 is 0 Å². The Morgan fingerprint density at radius 1 is 1.69 bits per heavy atom. The van der Waals surface area contributed by atoms with Gasteiger partial charge < -0.3 is 5.32 Å². The van der Waals surface area contributed by atoms with Crippen molar-refractivity contribution in [1.82, 2.24) is 10.3 Å². The molecular weight excluding hydrogens is 242 g/mol. The number of thioether (sulfide) groups is 1. The van der Waals surface area contributed by atoms with E-state index in [-0.39, 0.29) is 11.9 Å². The molecule has 2 rings (SSSR count). The van der Waals surface area contributed by atoms with Crippen molar-refractivity contribution in [2.24, 2.45) is 0 Å². The fourth-order valence-electron chi connectivity index (χ4n) is 1.36. The first-order valence-electron chi connectivity index (χ1n) is 5.24. The summed E-state index contributed by atoms with van der Waals surface area (Å²) in [6.45, 7) is 4.19. The highest BCUT2D eigenvalue weighted by atomic mass is 32.2. The van der Waals surface area contributed by atoms with Crippen molar-refractivity contribution in [2.75, 3.05) is 16.9 Å². The van der Waals surface area contributed by atoms with Crippen LogP contribution >= 0.6 is 23.1 Å². The number of nitrogens with zero attached hydrogens (tertiary/aromatic N) is 1. The lowest BCUT2D eigenvalue weighted by atomic mass is 10.2. The van der Waals surface area contributed by atoms with Crippen molar-refractivity contribution in [3.05, 3.63) is 11.1 Å². The molecular formula is C10H15N3OS2. The molecule has 0 spiro atoms. The molecule has 1 unspecified atom stereocenters. The van der Waals surface area contributed by atoms with E-state index in [0.717, 1.165) is 17.3 Å². The maximum Gasteiger partial charge on any atom is 0.244 e. The number of thiazole rings is 1. The van der Waals surface area contributed by atoms with Crippen LogP contribution in [0.1, 0.15) is 25.5 Å². The highest BCUT2D eigenvalue weighted by Gasteiger charge is 2.23. The van der Waals surface area contributed by atoms with Gasteiger partial charge in [-0.1, -0.05) is 13.8 Å². The molecule has 88 valence electrons. The molecule has 0 bridgehead atoms. The number of anilines is 1. The molecule has 1 aliphatic rings. The molecule has 1 saturated heterocycles. The molecule has 16 heavy (non-hydrogen) atoms. The predicted octanol–water partition coefficient (Wildman–Crippen LogP) is 1.87. The molecule has 0 saturated carbocycles. The number of amides is 1. The third-order valence-corrected chi connectivity index (χ3v) is 4.09. The second-order valence-electron chi connectivity index (χ2n) is 3.99. The molecule has 2 N–H and O–H groups in total. The van der Waals surface area contributed by atoms with Gasteiger partial charge in [0.2, 0.25) is 5.91 Å².